The number of hydrogen-bond acceptors (Lipinski definition) is 4. The summed E-state index contributed by atoms with van der Waals surface area (Å²) in [6.07, 6.45) is 12.2. The highest BCUT2D eigenvalue weighted by Gasteiger charge is 2.42. The SMILES string of the molecule is CCCCCCCCCCCCOC(=O)c1ccc(Cl)c(CN2C(=O)C(C)N(Cc3ccccc3)C2=O)c1. The number of benzene rings is 2. The Labute approximate surface area is 232 Å². The van der Waals surface area contributed by atoms with E-state index in [1.165, 1.54) is 49.8 Å². The van der Waals surface area contributed by atoms with E-state index in [1.807, 2.05) is 30.3 Å². The van der Waals surface area contributed by atoms with Crippen LogP contribution in [-0.4, -0.2) is 40.4 Å². The number of imide groups is 1. The van der Waals surface area contributed by atoms with Crippen molar-refractivity contribution >= 4 is 29.5 Å². The minimum atomic E-state index is -0.573. The summed E-state index contributed by atoms with van der Waals surface area (Å²) >= 11 is 6.38. The number of nitrogens with zero attached hydrogens (tertiary/aromatic N) is 2. The molecule has 1 aliphatic rings. The Balaban J connectivity index is 1.46. The zero-order valence-electron chi connectivity index (χ0n) is 22.8. The smallest absolute Gasteiger partial charge is 0.338 e. The first kappa shape index (κ1) is 29.7. The monoisotopic (exact) mass is 540 g/mol. The molecule has 1 fully saturated rings. The number of unbranched alkanes of at least 4 members (excludes halogenated alkanes) is 9. The molecule has 1 aliphatic heterocycles. The molecule has 0 N–H and O–H groups in total. The summed E-state index contributed by atoms with van der Waals surface area (Å²) in [6, 6.07) is 13.5. The van der Waals surface area contributed by atoms with Crippen molar-refractivity contribution in [3.05, 3.63) is 70.2 Å². The highest BCUT2D eigenvalue weighted by Crippen LogP contribution is 2.26. The Morgan fingerprint density at radius 3 is 2.16 bits per heavy atom. The van der Waals surface area contributed by atoms with Gasteiger partial charge in [0.15, 0.2) is 0 Å². The third-order valence-corrected chi connectivity index (χ3v) is 7.47. The molecule has 1 unspecified atom stereocenters. The maximum Gasteiger partial charge on any atom is 0.338 e. The molecule has 0 saturated carbocycles. The van der Waals surface area contributed by atoms with Gasteiger partial charge in [0.1, 0.15) is 6.04 Å². The maximum atomic E-state index is 13.1. The zero-order chi connectivity index (χ0) is 27.3. The van der Waals surface area contributed by atoms with E-state index in [2.05, 4.69) is 6.92 Å². The van der Waals surface area contributed by atoms with E-state index in [-0.39, 0.29) is 18.5 Å². The van der Waals surface area contributed by atoms with Crippen molar-refractivity contribution in [1.82, 2.24) is 9.80 Å². The van der Waals surface area contributed by atoms with Crippen molar-refractivity contribution in [2.24, 2.45) is 0 Å². The van der Waals surface area contributed by atoms with Crippen LogP contribution in [0.25, 0.3) is 0 Å². The number of carbonyl (C=O) groups excluding carboxylic acids is 3. The third-order valence-electron chi connectivity index (χ3n) is 7.10. The van der Waals surface area contributed by atoms with E-state index >= 15 is 0 Å². The maximum absolute atomic E-state index is 13.1. The van der Waals surface area contributed by atoms with Gasteiger partial charge < -0.3 is 9.64 Å². The summed E-state index contributed by atoms with van der Waals surface area (Å²) in [7, 11) is 0. The molecular weight excluding hydrogens is 500 g/mol. The van der Waals surface area contributed by atoms with Gasteiger partial charge in [-0.05, 0) is 42.7 Å². The number of carbonyl (C=O) groups is 3. The summed E-state index contributed by atoms with van der Waals surface area (Å²) < 4.78 is 5.47. The van der Waals surface area contributed by atoms with Crippen molar-refractivity contribution < 1.29 is 19.1 Å². The number of ether oxygens (including phenoxy) is 1. The van der Waals surface area contributed by atoms with Crippen LogP contribution in [0.3, 0.4) is 0 Å². The topological polar surface area (TPSA) is 66.9 Å². The fourth-order valence-corrected chi connectivity index (χ4v) is 4.91. The van der Waals surface area contributed by atoms with E-state index in [9.17, 15) is 14.4 Å². The molecule has 6 nitrogen and oxygen atoms in total. The number of halogens is 1. The normalized spacial score (nSPS) is 15.4. The molecule has 0 aliphatic carbocycles. The molecule has 0 bridgehead atoms. The van der Waals surface area contributed by atoms with Gasteiger partial charge in [-0.25, -0.2) is 9.59 Å². The van der Waals surface area contributed by atoms with Crippen molar-refractivity contribution in [3.63, 3.8) is 0 Å². The number of urea groups is 1. The lowest BCUT2D eigenvalue weighted by Gasteiger charge is -2.19. The van der Waals surface area contributed by atoms with Crippen molar-refractivity contribution in [2.75, 3.05) is 6.61 Å². The Morgan fingerprint density at radius 1 is 0.868 bits per heavy atom. The predicted molar refractivity (Wildman–Crippen MR) is 151 cm³/mol. The van der Waals surface area contributed by atoms with E-state index < -0.39 is 12.0 Å². The van der Waals surface area contributed by atoms with Gasteiger partial charge in [0.05, 0.1) is 18.7 Å². The van der Waals surface area contributed by atoms with Gasteiger partial charge >= 0.3 is 12.0 Å². The zero-order valence-corrected chi connectivity index (χ0v) is 23.5. The van der Waals surface area contributed by atoms with Crippen molar-refractivity contribution in [2.45, 2.75) is 97.2 Å². The molecule has 1 heterocycles. The Hall–Kier alpha value is -2.86. The average molecular weight is 541 g/mol. The summed E-state index contributed by atoms with van der Waals surface area (Å²) in [5, 5.41) is 0.394. The van der Waals surface area contributed by atoms with Crippen molar-refractivity contribution in [3.8, 4) is 0 Å². The highest BCUT2D eigenvalue weighted by molar-refractivity contribution is 6.31. The van der Waals surface area contributed by atoms with Gasteiger partial charge in [0, 0.05) is 11.6 Å². The van der Waals surface area contributed by atoms with E-state index in [1.54, 1.807) is 30.0 Å². The summed E-state index contributed by atoms with van der Waals surface area (Å²) in [5.41, 5.74) is 1.85. The molecule has 1 saturated heterocycles. The second-order valence-corrected chi connectivity index (χ2v) is 10.5. The highest BCUT2D eigenvalue weighted by atomic mass is 35.5. The lowest BCUT2D eigenvalue weighted by Crippen LogP contribution is -2.33. The number of esters is 1. The molecule has 0 aromatic heterocycles. The minimum Gasteiger partial charge on any atom is -0.462 e. The van der Waals surface area contributed by atoms with Crippen LogP contribution in [0.15, 0.2) is 48.5 Å². The summed E-state index contributed by atoms with van der Waals surface area (Å²) in [6.45, 7) is 4.70. The van der Waals surface area contributed by atoms with Gasteiger partial charge in [0.2, 0.25) is 0 Å². The lowest BCUT2D eigenvalue weighted by molar-refractivity contribution is -0.128. The molecule has 38 heavy (non-hydrogen) atoms. The van der Waals surface area contributed by atoms with Crippen LogP contribution in [-0.2, 0) is 22.6 Å². The van der Waals surface area contributed by atoms with Gasteiger partial charge in [-0.1, -0.05) is 107 Å². The standard InChI is InChI=1S/C31H41ClN2O4/c1-3-4-5-6-7-8-9-10-11-15-20-38-30(36)26-18-19-28(32)27(21-26)23-34-29(35)24(2)33(31(34)37)22-25-16-13-12-14-17-25/h12-14,16-19,21,24H,3-11,15,20,22-23H2,1-2H3. The quantitative estimate of drug-likeness (QED) is 0.124. The van der Waals surface area contributed by atoms with Gasteiger partial charge in [-0.2, -0.15) is 0 Å². The molecule has 0 radical (unpaired) electrons. The average Bonchev–Trinajstić information content (AvgIpc) is 3.11. The van der Waals surface area contributed by atoms with Gasteiger partial charge in [-0.3, -0.25) is 9.69 Å². The molecule has 7 heteroatoms. The first-order chi connectivity index (χ1) is 18.4. The van der Waals surface area contributed by atoms with Crippen molar-refractivity contribution in [1.29, 1.82) is 0 Å². The van der Waals surface area contributed by atoms with Gasteiger partial charge in [-0.15, -0.1) is 0 Å². The summed E-state index contributed by atoms with van der Waals surface area (Å²) in [5.74, 6) is -0.701. The first-order valence-electron chi connectivity index (χ1n) is 14.0. The van der Waals surface area contributed by atoms with Crippen LogP contribution in [0.4, 0.5) is 4.79 Å². The first-order valence-corrected chi connectivity index (χ1v) is 14.4. The van der Waals surface area contributed by atoms with Crippen LogP contribution < -0.4 is 0 Å². The number of hydrogen-bond donors (Lipinski definition) is 0. The second kappa shape index (κ2) is 15.5. The van der Waals surface area contributed by atoms with Crippen LogP contribution in [0.2, 0.25) is 5.02 Å². The summed E-state index contributed by atoms with van der Waals surface area (Å²) in [4.78, 5) is 41.4. The molecule has 1 atom stereocenters. The van der Waals surface area contributed by atoms with E-state index in [4.69, 9.17) is 16.3 Å². The van der Waals surface area contributed by atoms with Crippen LogP contribution in [0.1, 0.15) is 99.5 Å². The lowest BCUT2D eigenvalue weighted by atomic mass is 10.1. The van der Waals surface area contributed by atoms with Crippen LogP contribution in [0.5, 0.6) is 0 Å². The van der Waals surface area contributed by atoms with Crippen LogP contribution >= 0.6 is 11.6 Å². The second-order valence-electron chi connectivity index (χ2n) is 10.1. The molecule has 0 spiro atoms. The van der Waals surface area contributed by atoms with Gasteiger partial charge in [0.25, 0.3) is 5.91 Å². The van der Waals surface area contributed by atoms with E-state index in [0.717, 1.165) is 24.8 Å². The Morgan fingerprint density at radius 2 is 1.50 bits per heavy atom. The number of rotatable bonds is 16. The minimum absolute atomic E-state index is 0.00565. The van der Waals surface area contributed by atoms with E-state index in [0.29, 0.717) is 29.3 Å². The Bertz CT molecular complexity index is 1060. The van der Waals surface area contributed by atoms with Crippen LogP contribution in [0, 0.1) is 0 Å². The molecule has 3 amide bonds. The molecular formula is C31H41ClN2O4. The fraction of sp³-hybridized carbons (Fsp3) is 0.516. The predicted octanol–water partition coefficient (Wildman–Crippen LogP) is 7.77. The Kier molecular flexibility index (Phi) is 12.1. The molecule has 3 rings (SSSR count). The molecule has 2 aromatic carbocycles. The fourth-order valence-electron chi connectivity index (χ4n) is 4.73. The molecule has 2 aromatic rings. The third kappa shape index (κ3) is 8.59. The largest absolute Gasteiger partial charge is 0.462 e. The molecule has 206 valence electrons. The number of amides is 3.